The molecule has 0 fully saturated rings. The molecule has 0 bridgehead atoms. The van der Waals surface area contributed by atoms with Crippen LogP contribution in [0.2, 0.25) is 5.02 Å². The highest BCUT2D eigenvalue weighted by molar-refractivity contribution is 7.99. The van der Waals surface area contributed by atoms with Crippen molar-refractivity contribution in [3.63, 3.8) is 0 Å². The van der Waals surface area contributed by atoms with Crippen molar-refractivity contribution in [1.82, 2.24) is 15.2 Å². The van der Waals surface area contributed by atoms with E-state index in [2.05, 4.69) is 27.4 Å². The number of hydrogen-bond donors (Lipinski definition) is 1. The maximum Gasteiger partial charge on any atom is 0.288 e. The summed E-state index contributed by atoms with van der Waals surface area (Å²) in [7, 11) is 0. The molecular weight excluding hydrogens is 426 g/mol. The van der Waals surface area contributed by atoms with Gasteiger partial charge in [0, 0.05) is 28.6 Å². The summed E-state index contributed by atoms with van der Waals surface area (Å²) in [4.78, 5) is 15.4. The molecule has 2 aromatic carbocycles. The second-order valence-corrected chi connectivity index (χ2v) is 8.08. The van der Waals surface area contributed by atoms with Crippen molar-refractivity contribution in [2.45, 2.75) is 31.1 Å². The number of unbranched alkanes of at least 4 members (excludes halogenated alkanes) is 1. The second-order valence-electron chi connectivity index (χ2n) is 6.61. The first-order chi connectivity index (χ1) is 14.6. The van der Waals surface area contributed by atoms with Gasteiger partial charge in [-0.25, -0.2) is 0 Å². The van der Waals surface area contributed by atoms with Crippen LogP contribution >= 0.6 is 23.4 Å². The molecule has 0 unspecified atom stereocenters. The molecule has 1 N–H and O–H groups in total. The van der Waals surface area contributed by atoms with Crippen LogP contribution < -0.4 is 10.1 Å². The van der Waals surface area contributed by atoms with Crippen LogP contribution in [0.15, 0.2) is 47.6 Å². The molecule has 1 aliphatic rings. The van der Waals surface area contributed by atoms with Crippen LogP contribution in [0.4, 0.5) is 11.4 Å². The van der Waals surface area contributed by atoms with Gasteiger partial charge in [0.1, 0.15) is 5.02 Å². The molecule has 30 heavy (non-hydrogen) atoms. The van der Waals surface area contributed by atoms with E-state index in [4.69, 9.17) is 16.3 Å². The highest BCUT2D eigenvalue weighted by Gasteiger charge is 2.27. The summed E-state index contributed by atoms with van der Waals surface area (Å²) in [6.45, 7) is 2.12. The van der Waals surface area contributed by atoms with Crippen LogP contribution in [0.25, 0.3) is 11.3 Å². The zero-order chi connectivity index (χ0) is 21.1. The van der Waals surface area contributed by atoms with E-state index in [1.165, 1.54) is 23.9 Å². The zero-order valence-corrected chi connectivity index (χ0v) is 17.6. The number of aromatic nitrogens is 3. The Balaban J connectivity index is 1.76. The van der Waals surface area contributed by atoms with Crippen molar-refractivity contribution in [2.75, 3.05) is 11.1 Å². The first-order valence-corrected chi connectivity index (χ1v) is 10.8. The number of nitro benzene ring substituents is 1. The molecule has 10 heteroatoms. The number of benzene rings is 2. The van der Waals surface area contributed by atoms with Crippen LogP contribution in [-0.4, -0.2) is 25.9 Å². The normalized spacial score (nSPS) is 14.7. The quantitative estimate of drug-likeness (QED) is 0.230. The minimum absolute atomic E-state index is 0.0665. The smallest absolute Gasteiger partial charge is 0.288 e. The summed E-state index contributed by atoms with van der Waals surface area (Å²) in [5.74, 6) is 1.21. The number of halogens is 1. The second kappa shape index (κ2) is 8.85. The van der Waals surface area contributed by atoms with Crippen LogP contribution in [0.5, 0.6) is 5.88 Å². The van der Waals surface area contributed by atoms with E-state index >= 15 is 0 Å². The lowest BCUT2D eigenvalue weighted by Gasteiger charge is -2.19. The molecule has 0 amide bonds. The fourth-order valence-electron chi connectivity index (χ4n) is 3.00. The van der Waals surface area contributed by atoms with E-state index in [0.29, 0.717) is 22.3 Å². The van der Waals surface area contributed by atoms with Crippen molar-refractivity contribution in [2.24, 2.45) is 0 Å². The lowest BCUT2D eigenvalue weighted by molar-refractivity contribution is -0.384. The van der Waals surface area contributed by atoms with Gasteiger partial charge in [0.25, 0.3) is 5.69 Å². The highest BCUT2D eigenvalue weighted by atomic mass is 35.5. The Morgan fingerprint density at radius 1 is 1.27 bits per heavy atom. The third-order valence-electron chi connectivity index (χ3n) is 4.53. The lowest BCUT2D eigenvalue weighted by Crippen LogP contribution is -2.17. The van der Waals surface area contributed by atoms with Gasteiger partial charge in [0.2, 0.25) is 11.0 Å². The van der Waals surface area contributed by atoms with Crippen LogP contribution in [0.1, 0.15) is 31.6 Å². The first kappa shape index (κ1) is 20.4. The van der Waals surface area contributed by atoms with E-state index in [-0.39, 0.29) is 10.7 Å². The summed E-state index contributed by atoms with van der Waals surface area (Å²) in [6, 6.07) is 12.1. The molecule has 4 rings (SSSR count). The van der Waals surface area contributed by atoms with Crippen molar-refractivity contribution in [3.05, 3.63) is 63.2 Å². The Morgan fingerprint density at radius 3 is 2.90 bits per heavy atom. The third kappa shape index (κ3) is 4.17. The average Bonchev–Trinajstić information content (AvgIpc) is 2.90. The molecule has 8 nitrogen and oxygen atoms in total. The van der Waals surface area contributed by atoms with Crippen molar-refractivity contribution < 1.29 is 9.66 Å². The van der Waals surface area contributed by atoms with E-state index in [9.17, 15) is 10.1 Å². The van der Waals surface area contributed by atoms with Gasteiger partial charge in [-0.05, 0) is 18.6 Å². The summed E-state index contributed by atoms with van der Waals surface area (Å²) in [5, 5.41) is 23.8. The minimum atomic E-state index is -0.714. The number of ether oxygens (including phenoxy) is 1. The molecule has 0 radical (unpaired) electrons. The first-order valence-electron chi connectivity index (χ1n) is 9.40. The molecule has 1 atom stereocenters. The maximum absolute atomic E-state index is 11.3. The van der Waals surface area contributed by atoms with Gasteiger partial charge in [-0.15, -0.1) is 10.2 Å². The van der Waals surface area contributed by atoms with Crippen molar-refractivity contribution in [3.8, 4) is 17.1 Å². The van der Waals surface area contributed by atoms with E-state index in [1.54, 1.807) is 6.07 Å². The summed E-state index contributed by atoms with van der Waals surface area (Å²) < 4.78 is 6.14. The minimum Gasteiger partial charge on any atom is -0.448 e. The van der Waals surface area contributed by atoms with E-state index in [1.807, 2.05) is 24.3 Å². The molecule has 0 saturated heterocycles. The predicted molar refractivity (Wildman–Crippen MR) is 116 cm³/mol. The van der Waals surface area contributed by atoms with Gasteiger partial charge >= 0.3 is 0 Å². The van der Waals surface area contributed by atoms with E-state index in [0.717, 1.165) is 29.8 Å². The number of thioether (sulfide) groups is 1. The van der Waals surface area contributed by atoms with Gasteiger partial charge in [0.15, 0.2) is 11.9 Å². The molecule has 154 valence electrons. The predicted octanol–water partition coefficient (Wildman–Crippen LogP) is 5.50. The fourth-order valence-corrected chi connectivity index (χ4v) is 4.05. The Kier molecular flexibility index (Phi) is 6.01. The summed E-state index contributed by atoms with van der Waals surface area (Å²) >= 11 is 7.49. The summed E-state index contributed by atoms with van der Waals surface area (Å²) in [6.07, 6.45) is 1.41. The molecule has 3 aromatic rings. The molecule has 2 heterocycles. The van der Waals surface area contributed by atoms with Gasteiger partial charge in [-0.3, -0.25) is 10.1 Å². The van der Waals surface area contributed by atoms with Crippen molar-refractivity contribution in [1.29, 1.82) is 0 Å². The number of nitro groups is 1. The maximum atomic E-state index is 11.3. The Bertz CT molecular complexity index is 1100. The fraction of sp³-hybridized carbons (Fsp3) is 0.250. The molecule has 0 saturated carbocycles. The van der Waals surface area contributed by atoms with Gasteiger partial charge in [0.05, 0.1) is 4.92 Å². The zero-order valence-electron chi connectivity index (χ0n) is 16.0. The molecule has 0 spiro atoms. The van der Waals surface area contributed by atoms with Gasteiger partial charge < -0.3 is 10.1 Å². The van der Waals surface area contributed by atoms with Crippen LogP contribution in [0.3, 0.4) is 0 Å². The number of hydrogen-bond acceptors (Lipinski definition) is 8. The van der Waals surface area contributed by atoms with Crippen molar-refractivity contribution >= 4 is 34.7 Å². The SMILES string of the molecule is CCCCSc1nnc2c(n1)O[C@H](c1ccc(Cl)c([N+](=O)[O-])c1)Nc1ccccc1-2. The average molecular weight is 444 g/mol. The van der Waals surface area contributed by atoms with Gasteiger partial charge in [-0.2, -0.15) is 4.98 Å². The number of nitrogens with zero attached hydrogens (tertiary/aromatic N) is 4. The Hall–Kier alpha value is -2.91. The van der Waals surface area contributed by atoms with Crippen LogP contribution in [-0.2, 0) is 0 Å². The highest BCUT2D eigenvalue weighted by Crippen LogP contribution is 2.40. The van der Waals surface area contributed by atoms with Crippen LogP contribution in [0, 0.1) is 10.1 Å². The number of anilines is 1. The molecular formula is C20H18ClN5O3S. The Labute approximate surface area is 182 Å². The number of fused-ring (bicyclic) bond motifs is 3. The Morgan fingerprint density at radius 2 is 2.10 bits per heavy atom. The number of para-hydroxylation sites is 1. The topological polar surface area (TPSA) is 103 Å². The lowest BCUT2D eigenvalue weighted by atomic mass is 10.1. The standard InChI is InChI=1S/C20H18ClN5O3S/c1-2-3-10-30-20-23-19-17(24-25-20)13-6-4-5-7-15(13)22-18(29-19)12-8-9-14(21)16(11-12)26(27)28/h4-9,11,18,22H,2-3,10H2,1H3/t18-/m1/s1. The largest absolute Gasteiger partial charge is 0.448 e. The molecule has 1 aromatic heterocycles. The monoisotopic (exact) mass is 443 g/mol. The molecule has 0 aliphatic carbocycles. The number of rotatable bonds is 6. The van der Waals surface area contributed by atoms with Gasteiger partial charge in [-0.1, -0.05) is 61.0 Å². The summed E-state index contributed by atoms with van der Waals surface area (Å²) in [5.41, 5.74) is 2.44. The number of nitrogens with one attached hydrogen (secondary N) is 1. The third-order valence-corrected chi connectivity index (χ3v) is 5.78. The molecule has 1 aliphatic heterocycles. The van der Waals surface area contributed by atoms with E-state index < -0.39 is 11.2 Å².